The van der Waals surface area contributed by atoms with Crippen LogP contribution in [0.5, 0.6) is 0 Å². The number of halogens is 1. The summed E-state index contributed by atoms with van der Waals surface area (Å²) >= 11 is 6.13. The first-order valence-corrected chi connectivity index (χ1v) is 9.60. The van der Waals surface area contributed by atoms with Crippen LogP contribution in [0.15, 0.2) is 29.2 Å². The van der Waals surface area contributed by atoms with Crippen LogP contribution in [0.1, 0.15) is 11.3 Å². The van der Waals surface area contributed by atoms with E-state index in [9.17, 15) is 8.42 Å². The number of aromatic nitrogens is 2. The summed E-state index contributed by atoms with van der Waals surface area (Å²) in [5, 5.41) is 13.1. The van der Waals surface area contributed by atoms with Crippen LogP contribution in [0.3, 0.4) is 0 Å². The predicted molar refractivity (Wildman–Crippen MR) is 95.1 cm³/mol. The van der Waals surface area contributed by atoms with E-state index in [2.05, 4.69) is 16.1 Å². The molecule has 0 aliphatic carbocycles. The third-order valence-electron chi connectivity index (χ3n) is 4.30. The van der Waals surface area contributed by atoms with Gasteiger partial charge < -0.3 is 4.90 Å². The summed E-state index contributed by atoms with van der Waals surface area (Å²) in [7, 11) is -2.05. The Kier molecular flexibility index (Phi) is 4.73. The van der Waals surface area contributed by atoms with Crippen molar-refractivity contribution >= 4 is 27.3 Å². The van der Waals surface area contributed by atoms with Crippen molar-refractivity contribution in [1.29, 1.82) is 5.26 Å². The van der Waals surface area contributed by atoms with Crippen LogP contribution in [-0.2, 0) is 17.1 Å². The topological polar surface area (TPSA) is 82.2 Å². The number of sulfonamides is 1. The van der Waals surface area contributed by atoms with Crippen molar-refractivity contribution in [2.75, 3.05) is 31.1 Å². The molecule has 1 aliphatic heterocycles. The van der Waals surface area contributed by atoms with Gasteiger partial charge in [-0.2, -0.15) is 14.7 Å². The standard InChI is InChI=1S/C16H18ClN5O2S/c1-12-15(16(17)20(2)19-12)25(23,24)22-9-7-21(8-10-22)14-5-3-13(11-18)4-6-14/h3-6H,7-10H2,1-2H3. The summed E-state index contributed by atoms with van der Waals surface area (Å²) in [4.78, 5) is 2.19. The minimum absolute atomic E-state index is 0.0866. The number of rotatable bonds is 3. The second kappa shape index (κ2) is 6.67. The Bertz CT molecular complexity index is 923. The van der Waals surface area contributed by atoms with Gasteiger partial charge in [-0.05, 0) is 31.2 Å². The first kappa shape index (κ1) is 17.7. The summed E-state index contributed by atoms with van der Waals surface area (Å²) in [6, 6.07) is 9.37. The molecular formula is C16H18ClN5O2S. The molecule has 1 saturated heterocycles. The molecule has 1 fully saturated rings. The molecule has 0 unspecified atom stereocenters. The van der Waals surface area contributed by atoms with Crippen molar-refractivity contribution in [1.82, 2.24) is 14.1 Å². The Morgan fingerprint density at radius 2 is 1.76 bits per heavy atom. The maximum Gasteiger partial charge on any atom is 0.248 e. The van der Waals surface area contributed by atoms with Gasteiger partial charge in [0.1, 0.15) is 10.0 Å². The molecule has 0 spiro atoms. The Hall–Kier alpha value is -2.08. The maximum absolute atomic E-state index is 12.9. The maximum atomic E-state index is 12.9. The van der Waals surface area contributed by atoms with Crippen molar-refractivity contribution in [2.24, 2.45) is 7.05 Å². The summed E-state index contributed by atoms with van der Waals surface area (Å²) in [6.07, 6.45) is 0. The van der Waals surface area contributed by atoms with Gasteiger partial charge >= 0.3 is 0 Å². The van der Waals surface area contributed by atoms with Crippen LogP contribution in [-0.4, -0.2) is 48.7 Å². The molecule has 0 atom stereocenters. The van der Waals surface area contributed by atoms with E-state index in [0.717, 1.165) is 5.69 Å². The second-order valence-corrected chi connectivity index (χ2v) is 8.11. The number of benzene rings is 1. The van der Waals surface area contributed by atoms with Gasteiger partial charge in [-0.3, -0.25) is 4.68 Å². The molecule has 132 valence electrons. The van der Waals surface area contributed by atoms with E-state index in [1.54, 1.807) is 26.1 Å². The molecule has 0 amide bonds. The van der Waals surface area contributed by atoms with Crippen molar-refractivity contribution in [3.63, 3.8) is 0 Å². The fourth-order valence-corrected chi connectivity index (χ4v) is 5.09. The van der Waals surface area contributed by atoms with Gasteiger partial charge in [0, 0.05) is 38.9 Å². The molecule has 3 rings (SSSR count). The Labute approximate surface area is 152 Å². The third-order valence-corrected chi connectivity index (χ3v) is 6.89. The van der Waals surface area contributed by atoms with Crippen LogP contribution in [0.4, 0.5) is 5.69 Å². The van der Waals surface area contributed by atoms with Crippen molar-refractivity contribution < 1.29 is 8.42 Å². The number of anilines is 1. The number of nitrogens with zero attached hydrogens (tertiary/aromatic N) is 5. The molecule has 0 saturated carbocycles. The second-order valence-electron chi connectivity index (χ2n) is 5.88. The molecule has 25 heavy (non-hydrogen) atoms. The lowest BCUT2D eigenvalue weighted by atomic mass is 10.2. The van der Waals surface area contributed by atoms with Crippen molar-refractivity contribution in [2.45, 2.75) is 11.8 Å². The molecule has 0 N–H and O–H groups in total. The fraction of sp³-hybridized carbons (Fsp3) is 0.375. The molecule has 2 heterocycles. The Balaban J connectivity index is 1.76. The van der Waals surface area contributed by atoms with Crippen LogP contribution in [0.25, 0.3) is 0 Å². The number of piperazine rings is 1. The van der Waals surface area contributed by atoms with Gasteiger partial charge in [-0.25, -0.2) is 8.42 Å². The van der Waals surface area contributed by atoms with E-state index >= 15 is 0 Å². The monoisotopic (exact) mass is 379 g/mol. The summed E-state index contributed by atoms with van der Waals surface area (Å²) in [6.45, 7) is 3.52. The molecule has 1 aliphatic rings. The number of nitriles is 1. The van der Waals surface area contributed by atoms with E-state index in [4.69, 9.17) is 16.9 Å². The molecule has 7 nitrogen and oxygen atoms in total. The summed E-state index contributed by atoms with van der Waals surface area (Å²) < 4.78 is 28.6. The molecule has 2 aromatic rings. The van der Waals surface area contributed by atoms with Gasteiger partial charge in [-0.1, -0.05) is 11.6 Å². The zero-order valence-corrected chi connectivity index (χ0v) is 15.5. The van der Waals surface area contributed by atoms with Gasteiger partial charge in [-0.15, -0.1) is 0 Å². The van der Waals surface area contributed by atoms with Gasteiger partial charge in [0.15, 0.2) is 0 Å². The molecule has 0 bridgehead atoms. The minimum Gasteiger partial charge on any atom is -0.369 e. The van der Waals surface area contributed by atoms with Crippen LogP contribution >= 0.6 is 11.6 Å². The Morgan fingerprint density at radius 1 is 1.16 bits per heavy atom. The quantitative estimate of drug-likeness (QED) is 0.811. The van der Waals surface area contributed by atoms with Crippen LogP contribution in [0.2, 0.25) is 5.15 Å². The van der Waals surface area contributed by atoms with Gasteiger partial charge in [0.05, 0.1) is 17.3 Å². The molecular weight excluding hydrogens is 362 g/mol. The van der Waals surface area contributed by atoms with Gasteiger partial charge in [0.2, 0.25) is 10.0 Å². The lowest BCUT2D eigenvalue weighted by Crippen LogP contribution is -2.48. The predicted octanol–water partition coefficient (Wildman–Crippen LogP) is 1.76. The number of aryl methyl sites for hydroxylation is 2. The van der Waals surface area contributed by atoms with E-state index in [1.165, 1.54) is 8.99 Å². The van der Waals surface area contributed by atoms with E-state index in [1.807, 2.05) is 12.1 Å². The Morgan fingerprint density at radius 3 is 2.24 bits per heavy atom. The zero-order valence-electron chi connectivity index (χ0n) is 14.0. The number of hydrogen-bond acceptors (Lipinski definition) is 5. The molecule has 0 radical (unpaired) electrons. The average Bonchev–Trinajstić information content (AvgIpc) is 2.87. The molecule has 9 heteroatoms. The largest absolute Gasteiger partial charge is 0.369 e. The normalized spacial score (nSPS) is 16.0. The fourth-order valence-electron chi connectivity index (χ4n) is 2.97. The van der Waals surface area contributed by atoms with Crippen LogP contribution < -0.4 is 4.90 Å². The average molecular weight is 380 g/mol. The van der Waals surface area contributed by atoms with Crippen molar-refractivity contribution in [3.05, 3.63) is 40.7 Å². The number of hydrogen-bond donors (Lipinski definition) is 0. The third kappa shape index (κ3) is 3.23. The highest BCUT2D eigenvalue weighted by Crippen LogP contribution is 2.28. The highest BCUT2D eigenvalue weighted by atomic mass is 35.5. The van der Waals surface area contributed by atoms with E-state index in [-0.39, 0.29) is 10.0 Å². The van der Waals surface area contributed by atoms with E-state index in [0.29, 0.717) is 37.4 Å². The smallest absolute Gasteiger partial charge is 0.248 e. The van der Waals surface area contributed by atoms with Gasteiger partial charge in [0.25, 0.3) is 0 Å². The van der Waals surface area contributed by atoms with Crippen LogP contribution in [0, 0.1) is 18.3 Å². The summed E-state index contributed by atoms with van der Waals surface area (Å²) in [5.74, 6) is 0. The molecule has 1 aromatic heterocycles. The van der Waals surface area contributed by atoms with E-state index < -0.39 is 10.0 Å². The zero-order chi connectivity index (χ0) is 18.2. The lowest BCUT2D eigenvalue weighted by Gasteiger charge is -2.35. The summed E-state index contributed by atoms with van der Waals surface area (Å²) in [5.41, 5.74) is 1.99. The molecule has 1 aromatic carbocycles. The first-order chi connectivity index (χ1) is 11.8. The minimum atomic E-state index is -3.67. The highest BCUT2D eigenvalue weighted by molar-refractivity contribution is 7.89. The highest BCUT2D eigenvalue weighted by Gasteiger charge is 2.33. The first-order valence-electron chi connectivity index (χ1n) is 7.79. The lowest BCUT2D eigenvalue weighted by molar-refractivity contribution is 0.384. The SMILES string of the molecule is Cc1nn(C)c(Cl)c1S(=O)(=O)N1CCN(c2ccc(C#N)cc2)CC1. The van der Waals surface area contributed by atoms with Crippen molar-refractivity contribution in [3.8, 4) is 6.07 Å².